The number of H-pyrrole nitrogens is 2. The Morgan fingerprint density at radius 2 is 0.947 bits per heavy atom. The van der Waals surface area contributed by atoms with E-state index in [1.54, 1.807) is 0 Å². The van der Waals surface area contributed by atoms with Crippen molar-refractivity contribution < 1.29 is 5.48 Å². The Morgan fingerprint density at radius 1 is 0.526 bits per heavy atom. The number of nitrogens with one attached hydrogen (secondary N) is 2. The average Bonchev–Trinajstić information content (AvgIpc) is 3.08. The highest BCUT2D eigenvalue weighted by Crippen LogP contribution is 2.09. The maximum absolute atomic E-state index is 3.12. The normalized spacial score (nSPS) is 9.68. The molecule has 0 unspecified atom stereocenters. The van der Waals surface area contributed by atoms with Crippen molar-refractivity contribution in [3.63, 3.8) is 0 Å². The van der Waals surface area contributed by atoms with Gasteiger partial charge in [-0.15, -0.1) is 0 Å². The van der Waals surface area contributed by atoms with Crippen molar-refractivity contribution in [3.05, 3.63) is 73.1 Å². The molecule has 2 aromatic carbocycles. The van der Waals surface area contributed by atoms with Crippen molar-refractivity contribution in [3.8, 4) is 0 Å². The number of rotatable bonds is 0. The fourth-order valence-corrected chi connectivity index (χ4v) is 1.99. The van der Waals surface area contributed by atoms with Gasteiger partial charge in [-0.25, -0.2) is 0 Å². The fourth-order valence-electron chi connectivity index (χ4n) is 1.99. The van der Waals surface area contributed by atoms with Crippen LogP contribution in [0.2, 0.25) is 0 Å². The number of fused-ring (bicyclic) bond motifs is 2. The van der Waals surface area contributed by atoms with Crippen LogP contribution in [-0.4, -0.2) is 15.4 Å². The van der Waals surface area contributed by atoms with Crippen molar-refractivity contribution in [1.82, 2.24) is 9.97 Å². The van der Waals surface area contributed by atoms with E-state index in [9.17, 15) is 0 Å². The minimum Gasteiger partial charge on any atom is -0.412 e. The zero-order valence-corrected chi connectivity index (χ0v) is 10.4. The van der Waals surface area contributed by atoms with Crippen LogP contribution in [0.1, 0.15) is 0 Å². The molecule has 3 heteroatoms. The maximum Gasteiger partial charge on any atom is 0.0453 e. The molecular formula is C16H16N2O. The second kappa shape index (κ2) is 5.89. The van der Waals surface area contributed by atoms with E-state index in [1.807, 2.05) is 36.7 Å². The highest BCUT2D eigenvalue weighted by Gasteiger charge is 1.87. The molecule has 0 radical (unpaired) electrons. The summed E-state index contributed by atoms with van der Waals surface area (Å²) in [4.78, 5) is 6.24. The van der Waals surface area contributed by atoms with E-state index in [0.29, 0.717) is 0 Å². The zero-order chi connectivity index (χ0) is 12.2. The molecule has 2 aromatic heterocycles. The molecule has 4 aromatic rings. The number of hydrogen-bond donors (Lipinski definition) is 2. The van der Waals surface area contributed by atoms with Crippen molar-refractivity contribution in [2.45, 2.75) is 0 Å². The highest BCUT2D eigenvalue weighted by molar-refractivity contribution is 5.79. The van der Waals surface area contributed by atoms with Gasteiger partial charge in [0.1, 0.15) is 0 Å². The lowest BCUT2D eigenvalue weighted by Crippen LogP contribution is -1.61. The molecular weight excluding hydrogens is 236 g/mol. The lowest BCUT2D eigenvalue weighted by atomic mass is 10.3. The standard InChI is InChI=1S/2C8H7N.H2O/c2*1-2-4-8-7(3-1)5-6-9-8;/h2*1-6,9H;1H2. The molecule has 0 fully saturated rings. The Kier molecular flexibility index (Phi) is 4.00. The van der Waals surface area contributed by atoms with Gasteiger partial charge in [-0.1, -0.05) is 36.4 Å². The average molecular weight is 252 g/mol. The molecule has 4 rings (SSSR count). The summed E-state index contributed by atoms with van der Waals surface area (Å²) >= 11 is 0. The molecule has 3 nitrogen and oxygen atoms in total. The van der Waals surface area contributed by atoms with Crippen molar-refractivity contribution in [2.75, 3.05) is 0 Å². The summed E-state index contributed by atoms with van der Waals surface area (Å²) < 4.78 is 0. The van der Waals surface area contributed by atoms with Crippen molar-refractivity contribution >= 4 is 21.8 Å². The highest BCUT2D eigenvalue weighted by atomic mass is 16.0. The number of hydrogen-bond acceptors (Lipinski definition) is 0. The molecule has 0 spiro atoms. The van der Waals surface area contributed by atoms with E-state index in [4.69, 9.17) is 0 Å². The summed E-state index contributed by atoms with van der Waals surface area (Å²) in [6, 6.07) is 20.6. The Hall–Kier alpha value is -2.52. The van der Waals surface area contributed by atoms with Gasteiger partial charge in [0.2, 0.25) is 0 Å². The van der Waals surface area contributed by atoms with Crippen LogP contribution in [0.4, 0.5) is 0 Å². The molecule has 2 heterocycles. The van der Waals surface area contributed by atoms with Gasteiger partial charge in [0.25, 0.3) is 0 Å². The first kappa shape index (κ1) is 12.9. The van der Waals surface area contributed by atoms with E-state index in [0.717, 1.165) is 0 Å². The number of aromatic nitrogens is 2. The second-order valence-corrected chi connectivity index (χ2v) is 4.13. The van der Waals surface area contributed by atoms with Crippen LogP contribution in [0.25, 0.3) is 21.8 Å². The van der Waals surface area contributed by atoms with E-state index in [1.165, 1.54) is 21.8 Å². The zero-order valence-electron chi connectivity index (χ0n) is 10.4. The summed E-state index contributed by atoms with van der Waals surface area (Å²) in [5.74, 6) is 0. The lowest BCUT2D eigenvalue weighted by Gasteiger charge is -1.83. The van der Waals surface area contributed by atoms with Gasteiger partial charge in [0, 0.05) is 23.4 Å². The van der Waals surface area contributed by atoms with Gasteiger partial charge < -0.3 is 15.4 Å². The Balaban J connectivity index is 0.000000133. The first-order valence-electron chi connectivity index (χ1n) is 5.98. The van der Waals surface area contributed by atoms with Gasteiger partial charge in [-0.2, -0.15) is 0 Å². The number of para-hydroxylation sites is 2. The Bertz CT molecular complexity index is 629. The van der Waals surface area contributed by atoms with Gasteiger partial charge in [-0.3, -0.25) is 0 Å². The molecule has 0 saturated heterocycles. The second-order valence-electron chi connectivity index (χ2n) is 4.13. The van der Waals surface area contributed by atoms with Gasteiger partial charge >= 0.3 is 0 Å². The van der Waals surface area contributed by atoms with Crippen LogP contribution in [-0.2, 0) is 0 Å². The van der Waals surface area contributed by atoms with E-state index < -0.39 is 0 Å². The van der Waals surface area contributed by atoms with E-state index in [2.05, 4.69) is 46.4 Å². The Labute approximate surface area is 111 Å². The Morgan fingerprint density at radius 3 is 1.37 bits per heavy atom. The molecule has 0 saturated carbocycles. The monoisotopic (exact) mass is 252 g/mol. The fraction of sp³-hybridized carbons (Fsp3) is 0. The molecule has 0 amide bonds. The van der Waals surface area contributed by atoms with Crippen LogP contribution in [0.5, 0.6) is 0 Å². The topological polar surface area (TPSA) is 63.1 Å². The summed E-state index contributed by atoms with van der Waals surface area (Å²) in [6.07, 6.45) is 3.90. The molecule has 4 N–H and O–H groups in total. The van der Waals surface area contributed by atoms with E-state index >= 15 is 0 Å². The van der Waals surface area contributed by atoms with Crippen molar-refractivity contribution in [2.24, 2.45) is 0 Å². The lowest BCUT2D eigenvalue weighted by molar-refractivity contribution is 0.824. The molecule has 0 aliphatic rings. The molecule has 96 valence electrons. The van der Waals surface area contributed by atoms with Crippen LogP contribution in [0.15, 0.2) is 73.1 Å². The predicted molar refractivity (Wildman–Crippen MR) is 80.2 cm³/mol. The van der Waals surface area contributed by atoms with Gasteiger partial charge in [-0.05, 0) is 35.0 Å². The van der Waals surface area contributed by atoms with Crippen molar-refractivity contribution in [1.29, 1.82) is 0 Å². The SMILES string of the molecule is O.c1ccc2[nH]ccc2c1.c1ccc2[nH]ccc2c1. The largest absolute Gasteiger partial charge is 0.412 e. The van der Waals surface area contributed by atoms with E-state index in [-0.39, 0.29) is 5.48 Å². The first-order valence-corrected chi connectivity index (χ1v) is 5.98. The first-order chi connectivity index (χ1) is 8.93. The number of aromatic amines is 2. The van der Waals surface area contributed by atoms with Crippen LogP contribution in [0, 0.1) is 0 Å². The minimum atomic E-state index is 0. The van der Waals surface area contributed by atoms with Crippen LogP contribution in [0.3, 0.4) is 0 Å². The summed E-state index contributed by atoms with van der Waals surface area (Å²) in [7, 11) is 0. The third-order valence-electron chi connectivity index (χ3n) is 2.93. The molecule has 0 aliphatic heterocycles. The molecule has 0 aliphatic carbocycles. The smallest absolute Gasteiger partial charge is 0.0453 e. The minimum absolute atomic E-state index is 0. The molecule has 19 heavy (non-hydrogen) atoms. The molecule has 0 bridgehead atoms. The molecule has 0 atom stereocenters. The van der Waals surface area contributed by atoms with Gasteiger partial charge in [0.05, 0.1) is 0 Å². The third kappa shape index (κ3) is 2.84. The summed E-state index contributed by atoms with van der Waals surface area (Å²) in [5.41, 5.74) is 2.41. The maximum atomic E-state index is 3.12. The summed E-state index contributed by atoms with van der Waals surface area (Å²) in [5, 5.41) is 2.55. The third-order valence-corrected chi connectivity index (χ3v) is 2.93. The number of benzene rings is 2. The summed E-state index contributed by atoms with van der Waals surface area (Å²) in [6.45, 7) is 0. The van der Waals surface area contributed by atoms with Gasteiger partial charge in [0.15, 0.2) is 0 Å². The van der Waals surface area contributed by atoms with Crippen LogP contribution >= 0.6 is 0 Å². The predicted octanol–water partition coefficient (Wildman–Crippen LogP) is 3.51. The quantitative estimate of drug-likeness (QED) is 0.481. The van der Waals surface area contributed by atoms with Crippen LogP contribution < -0.4 is 0 Å².